The van der Waals surface area contributed by atoms with E-state index in [0.29, 0.717) is 30.5 Å². The highest BCUT2D eigenvalue weighted by Gasteiger charge is 2.37. The van der Waals surface area contributed by atoms with Gasteiger partial charge in [-0.1, -0.05) is 109 Å². The van der Waals surface area contributed by atoms with Gasteiger partial charge in [0, 0.05) is 96.8 Å². The molecule has 71 heavy (non-hydrogen) atoms. The smallest absolute Gasteiger partial charge is 0.319 e. The lowest BCUT2D eigenvalue weighted by molar-refractivity contribution is 0.251. The molecule has 11 heteroatoms. The first-order chi connectivity index (χ1) is 34.9. The van der Waals surface area contributed by atoms with Crippen LogP contribution in [0.1, 0.15) is 105 Å². The van der Waals surface area contributed by atoms with Crippen LogP contribution >= 0.6 is 0 Å². The normalized spacial score (nSPS) is 18.5. The maximum absolute atomic E-state index is 14.9. The van der Waals surface area contributed by atoms with Gasteiger partial charge in [-0.05, 0) is 113 Å². The van der Waals surface area contributed by atoms with Crippen LogP contribution in [0.25, 0.3) is 0 Å². The highest BCUT2D eigenvalue weighted by Crippen LogP contribution is 2.51. The topological polar surface area (TPSA) is 115 Å². The zero-order valence-corrected chi connectivity index (χ0v) is 39.5. The number of nitrogens with one attached hydrogen (secondary N) is 4. The largest absolute Gasteiger partial charge is 0.472 e. The molecule has 0 spiro atoms. The summed E-state index contributed by atoms with van der Waals surface area (Å²) in [5, 5.41) is 12.0. The Morgan fingerprint density at radius 3 is 1.21 bits per heavy atom. The second kappa shape index (κ2) is 20.5. The minimum atomic E-state index is -0.287. The summed E-state index contributed by atoms with van der Waals surface area (Å²) in [6.45, 7) is 4.75. The molecule has 6 aromatic carbocycles. The third-order valence-electron chi connectivity index (χ3n) is 14.7. The first-order valence-electron chi connectivity index (χ1n) is 24.8. The zero-order valence-electron chi connectivity index (χ0n) is 39.5. The summed E-state index contributed by atoms with van der Waals surface area (Å²) in [5.74, 6) is 0.585. The number of hydrogen-bond acceptors (Lipinski definition) is 6. The van der Waals surface area contributed by atoms with Crippen LogP contribution in [-0.4, -0.2) is 38.2 Å². The van der Waals surface area contributed by atoms with E-state index in [1.54, 1.807) is 31.1 Å². The SMILES string of the molecule is O=C(NCc1ccoc1)Nc1cc2c3c(c1)C(c1ccccc1)CCN3CCC2c1ccccc1.O=C(NCc1ccoc1)Nc1cc2c3c(c1)C(c1ccccc1F)CCN3CCC2c1ccccc1. The van der Waals surface area contributed by atoms with E-state index in [2.05, 4.69) is 134 Å². The van der Waals surface area contributed by atoms with Crippen LogP contribution in [-0.2, 0) is 13.1 Å². The molecule has 6 heterocycles. The standard InChI is InChI=1S/C30H28FN3O2.C30H29N3O2/c31-28-9-5-4-8-25(28)24-11-14-34-13-10-23(21-6-2-1-3-7-21)26-16-22(17-27(24)29(26)34)33-30(35)32-18-20-12-15-36-19-20;34-30(31-19-21-13-16-35-20-21)32-24-17-27-25(22-7-3-1-4-8-22)11-14-33-15-12-26(28(18-24)29(27)33)23-9-5-2-6-10-23/h1-9,12,15-17,19,23-24H,10-11,13-14,18H2,(H2,32,33,35);1-10,13,16-18,20,25-26H,11-12,14-15,19H2,(H2,31,32,34). The maximum atomic E-state index is 14.9. The van der Waals surface area contributed by atoms with Gasteiger partial charge >= 0.3 is 12.1 Å². The predicted molar refractivity (Wildman–Crippen MR) is 278 cm³/mol. The van der Waals surface area contributed by atoms with Crippen molar-refractivity contribution in [1.82, 2.24) is 10.6 Å². The van der Waals surface area contributed by atoms with E-state index < -0.39 is 0 Å². The van der Waals surface area contributed by atoms with Crippen molar-refractivity contribution >= 4 is 34.8 Å². The molecule has 4 N–H and O–H groups in total. The van der Waals surface area contributed by atoms with Crippen LogP contribution in [0.2, 0.25) is 0 Å². The lowest BCUT2D eigenvalue weighted by Crippen LogP contribution is -2.38. The van der Waals surface area contributed by atoms with Crippen LogP contribution < -0.4 is 31.1 Å². The quantitative estimate of drug-likeness (QED) is 0.109. The number of rotatable bonds is 10. The third-order valence-corrected chi connectivity index (χ3v) is 14.7. The molecular formula is C60H57FN6O4. The molecule has 0 fully saturated rings. The Bertz CT molecular complexity index is 3020. The molecule has 2 aromatic heterocycles. The van der Waals surface area contributed by atoms with Crippen LogP contribution in [0, 0.1) is 5.82 Å². The first kappa shape index (κ1) is 45.4. The van der Waals surface area contributed by atoms with Crippen molar-refractivity contribution in [1.29, 1.82) is 0 Å². The van der Waals surface area contributed by atoms with E-state index in [1.807, 2.05) is 36.4 Å². The predicted octanol–water partition coefficient (Wildman–Crippen LogP) is 13.1. The van der Waals surface area contributed by atoms with Gasteiger partial charge < -0.3 is 39.9 Å². The van der Waals surface area contributed by atoms with Crippen LogP contribution in [0.3, 0.4) is 0 Å². The number of amides is 4. The number of benzene rings is 6. The fourth-order valence-electron chi connectivity index (χ4n) is 11.4. The Kier molecular flexibility index (Phi) is 13.1. The van der Waals surface area contributed by atoms with Crippen molar-refractivity contribution in [2.75, 3.05) is 46.6 Å². The molecule has 4 atom stereocenters. The molecule has 4 aliphatic rings. The summed E-state index contributed by atoms with van der Waals surface area (Å²) >= 11 is 0. The summed E-state index contributed by atoms with van der Waals surface area (Å²) < 4.78 is 25.1. The molecule has 4 aliphatic heterocycles. The van der Waals surface area contributed by atoms with E-state index in [4.69, 9.17) is 8.83 Å². The number of carbonyl (C=O) groups excluding carboxylic acids is 2. The molecule has 358 valence electrons. The molecule has 0 aliphatic carbocycles. The van der Waals surface area contributed by atoms with Gasteiger partial charge in [-0.15, -0.1) is 0 Å². The van der Waals surface area contributed by atoms with Crippen LogP contribution in [0.4, 0.5) is 36.7 Å². The summed E-state index contributed by atoms with van der Waals surface area (Å²) in [6, 6.07) is 50.8. The van der Waals surface area contributed by atoms with E-state index in [0.717, 1.165) is 79.9 Å². The van der Waals surface area contributed by atoms with Crippen molar-refractivity contribution in [3.63, 3.8) is 0 Å². The highest BCUT2D eigenvalue weighted by molar-refractivity contribution is 5.91. The third kappa shape index (κ3) is 9.77. The van der Waals surface area contributed by atoms with Crippen LogP contribution in [0.5, 0.6) is 0 Å². The number of halogens is 1. The summed E-state index contributed by atoms with van der Waals surface area (Å²) in [6.07, 6.45) is 10.4. The van der Waals surface area contributed by atoms with Gasteiger partial charge in [-0.2, -0.15) is 0 Å². The fourth-order valence-corrected chi connectivity index (χ4v) is 11.4. The van der Waals surface area contributed by atoms with Crippen LogP contribution in [0.15, 0.2) is 186 Å². The van der Waals surface area contributed by atoms with Gasteiger partial charge in [0.1, 0.15) is 5.82 Å². The van der Waals surface area contributed by atoms with Crippen molar-refractivity contribution in [3.05, 3.63) is 238 Å². The molecule has 8 aromatic rings. The van der Waals surface area contributed by atoms with Crippen molar-refractivity contribution in [3.8, 4) is 0 Å². The molecule has 10 nitrogen and oxygen atoms in total. The molecule has 4 amide bonds. The van der Waals surface area contributed by atoms with Gasteiger partial charge in [-0.3, -0.25) is 0 Å². The maximum Gasteiger partial charge on any atom is 0.319 e. The summed E-state index contributed by atoms with van der Waals surface area (Å²) in [5.41, 5.74) is 15.5. The number of furan rings is 2. The summed E-state index contributed by atoms with van der Waals surface area (Å²) in [4.78, 5) is 30.6. The Hall–Kier alpha value is -8.05. The van der Waals surface area contributed by atoms with Gasteiger partial charge in [-0.25, -0.2) is 14.0 Å². The van der Waals surface area contributed by atoms with E-state index in [1.165, 1.54) is 50.8 Å². The molecule has 0 saturated heterocycles. The van der Waals surface area contributed by atoms with E-state index in [9.17, 15) is 14.0 Å². The average Bonchev–Trinajstić information content (AvgIpc) is 4.15. The monoisotopic (exact) mass is 944 g/mol. The summed E-state index contributed by atoms with van der Waals surface area (Å²) in [7, 11) is 0. The molecule has 4 unspecified atom stereocenters. The van der Waals surface area contributed by atoms with Gasteiger partial charge in [0.05, 0.1) is 25.1 Å². The Balaban J connectivity index is 0.000000154. The number of hydrogen-bond donors (Lipinski definition) is 4. The van der Waals surface area contributed by atoms with Gasteiger partial charge in [0.15, 0.2) is 0 Å². The fraction of sp³-hybridized carbons (Fsp3) is 0.233. The van der Waals surface area contributed by atoms with Gasteiger partial charge in [0.25, 0.3) is 0 Å². The number of nitrogens with zero attached hydrogens (tertiary/aromatic N) is 2. The van der Waals surface area contributed by atoms with Crippen molar-refractivity contribution in [2.24, 2.45) is 0 Å². The molecule has 0 bridgehead atoms. The minimum Gasteiger partial charge on any atom is -0.472 e. The number of carbonyl (C=O) groups is 2. The number of urea groups is 2. The molecule has 0 saturated carbocycles. The van der Waals surface area contributed by atoms with E-state index >= 15 is 0 Å². The minimum absolute atomic E-state index is 0.0681. The number of anilines is 4. The average molecular weight is 945 g/mol. The molecule has 12 rings (SSSR count). The Morgan fingerprint density at radius 2 is 0.831 bits per heavy atom. The van der Waals surface area contributed by atoms with E-state index in [-0.39, 0.29) is 29.7 Å². The Morgan fingerprint density at radius 1 is 0.465 bits per heavy atom. The highest BCUT2D eigenvalue weighted by atomic mass is 19.1. The molecular weight excluding hydrogens is 888 g/mol. The second-order valence-corrected chi connectivity index (χ2v) is 19.0. The second-order valence-electron chi connectivity index (χ2n) is 19.0. The lowest BCUT2D eigenvalue weighted by Gasteiger charge is -2.43. The van der Waals surface area contributed by atoms with Gasteiger partial charge in [0.2, 0.25) is 0 Å². The zero-order chi connectivity index (χ0) is 48.1. The van der Waals surface area contributed by atoms with Crippen molar-refractivity contribution < 1.29 is 22.8 Å². The Labute approximate surface area is 413 Å². The van der Waals surface area contributed by atoms with Crippen molar-refractivity contribution in [2.45, 2.75) is 62.4 Å². The first-order valence-corrected chi connectivity index (χ1v) is 24.8. The molecule has 0 radical (unpaired) electrons. The lowest BCUT2D eigenvalue weighted by atomic mass is 9.76.